The molecule has 3 aromatic rings. The van der Waals surface area contributed by atoms with Crippen LogP contribution in [-0.2, 0) is 6.54 Å². The molecule has 1 aromatic heterocycles. The highest BCUT2D eigenvalue weighted by Crippen LogP contribution is 2.21. The molecule has 1 heterocycles. The average molecular weight is 237 g/mol. The molecular formula is C15H15N3. The van der Waals surface area contributed by atoms with E-state index >= 15 is 0 Å². The van der Waals surface area contributed by atoms with Crippen LogP contribution < -0.4 is 5.73 Å². The highest BCUT2D eigenvalue weighted by molar-refractivity contribution is 5.80. The van der Waals surface area contributed by atoms with Crippen LogP contribution in [0.25, 0.3) is 16.6 Å². The van der Waals surface area contributed by atoms with Gasteiger partial charge in [-0.25, -0.2) is 4.68 Å². The number of benzene rings is 2. The maximum absolute atomic E-state index is 5.66. The molecule has 0 radical (unpaired) electrons. The Bertz CT molecular complexity index is 698. The van der Waals surface area contributed by atoms with E-state index in [4.69, 9.17) is 5.73 Å². The van der Waals surface area contributed by atoms with Gasteiger partial charge in [-0.05, 0) is 30.2 Å². The molecule has 3 nitrogen and oxygen atoms in total. The summed E-state index contributed by atoms with van der Waals surface area (Å²) in [6.45, 7) is 2.66. The summed E-state index contributed by atoms with van der Waals surface area (Å²) in [6.07, 6.45) is 1.89. The first-order valence-electron chi connectivity index (χ1n) is 6.02. The van der Waals surface area contributed by atoms with Crippen LogP contribution in [0.4, 0.5) is 0 Å². The number of aromatic nitrogens is 2. The predicted octanol–water partition coefficient (Wildman–Crippen LogP) is 2.79. The van der Waals surface area contributed by atoms with Crippen molar-refractivity contribution < 1.29 is 0 Å². The number of hydrogen-bond acceptors (Lipinski definition) is 2. The summed E-state index contributed by atoms with van der Waals surface area (Å²) in [5.41, 5.74) is 10.2. The molecule has 2 N–H and O–H groups in total. The molecule has 2 aromatic carbocycles. The molecule has 0 amide bonds. The molecule has 3 rings (SSSR count). The minimum Gasteiger partial charge on any atom is -0.326 e. The van der Waals surface area contributed by atoms with Crippen molar-refractivity contribution in [3.05, 3.63) is 59.8 Å². The van der Waals surface area contributed by atoms with Crippen LogP contribution in [0.15, 0.2) is 48.7 Å². The van der Waals surface area contributed by atoms with E-state index < -0.39 is 0 Å². The molecule has 18 heavy (non-hydrogen) atoms. The van der Waals surface area contributed by atoms with Gasteiger partial charge in [0.1, 0.15) is 0 Å². The molecule has 0 fully saturated rings. The van der Waals surface area contributed by atoms with Crippen molar-refractivity contribution in [2.24, 2.45) is 5.73 Å². The SMILES string of the molecule is Cc1cc(CN)ccc1-n1ncc2ccccc21. The zero-order valence-corrected chi connectivity index (χ0v) is 10.3. The molecule has 0 aliphatic carbocycles. The first kappa shape index (κ1) is 11.0. The number of rotatable bonds is 2. The van der Waals surface area contributed by atoms with Crippen molar-refractivity contribution >= 4 is 10.9 Å². The molecule has 90 valence electrons. The van der Waals surface area contributed by atoms with Crippen LogP contribution in [0.1, 0.15) is 11.1 Å². The Hall–Kier alpha value is -2.13. The molecule has 0 saturated carbocycles. The second-order valence-electron chi connectivity index (χ2n) is 4.44. The molecule has 0 saturated heterocycles. The highest BCUT2D eigenvalue weighted by atomic mass is 15.3. The van der Waals surface area contributed by atoms with Crippen LogP contribution in [0.3, 0.4) is 0 Å². The normalized spacial score (nSPS) is 11.0. The summed E-state index contributed by atoms with van der Waals surface area (Å²) < 4.78 is 1.98. The maximum atomic E-state index is 5.66. The second-order valence-corrected chi connectivity index (χ2v) is 4.44. The topological polar surface area (TPSA) is 43.8 Å². The van der Waals surface area contributed by atoms with Gasteiger partial charge in [0.15, 0.2) is 0 Å². The minimum absolute atomic E-state index is 0.570. The summed E-state index contributed by atoms with van der Waals surface area (Å²) in [5.74, 6) is 0. The summed E-state index contributed by atoms with van der Waals surface area (Å²) >= 11 is 0. The Balaban J connectivity index is 2.20. The molecule has 3 heteroatoms. The summed E-state index contributed by atoms with van der Waals surface area (Å²) in [4.78, 5) is 0. The summed E-state index contributed by atoms with van der Waals surface area (Å²) in [5, 5.41) is 5.62. The minimum atomic E-state index is 0.570. The van der Waals surface area contributed by atoms with Gasteiger partial charge in [-0.3, -0.25) is 0 Å². The summed E-state index contributed by atoms with van der Waals surface area (Å²) in [7, 11) is 0. The van der Waals surface area contributed by atoms with Crippen molar-refractivity contribution in [2.75, 3.05) is 0 Å². The smallest absolute Gasteiger partial charge is 0.0741 e. The van der Waals surface area contributed by atoms with Gasteiger partial charge in [0.05, 0.1) is 17.4 Å². The largest absolute Gasteiger partial charge is 0.326 e. The van der Waals surface area contributed by atoms with Gasteiger partial charge in [-0.1, -0.05) is 30.3 Å². The van der Waals surface area contributed by atoms with E-state index in [0.29, 0.717) is 6.54 Å². The molecule has 0 aliphatic rings. The number of para-hydroxylation sites is 1. The Kier molecular flexibility index (Phi) is 2.61. The third-order valence-corrected chi connectivity index (χ3v) is 3.20. The second kappa shape index (κ2) is 4.27. The van der Waals surface area contributed by atoms with Gasteiger partial charge in [0.2, 0.25) is 0 Å². The van der Waals surface area contributed by atoms with Gasteiger partial charge in [0, 0.05) is 11.9 Å². The van der Waals surface area contributed by atoms with Crippen molar-refractivity contribution in [1.82, 2.24) is 9.78 Å². The van der Waals surface area contributed by atoms with E-state index in [1.165, 1.54) is 5.56 Å². The summed E-state index contributed by atoms with van der Waals surface area (Å²) in [6, 6.07) is 14.5. The van der Waals surface area contributed by atoms with Gasteiger partial charge < -0.3 is 5.73 Å². The molecule has 0 unspecified atom stereocenters. The van der Waals surface area contributed by atoms with E-state index in [2.05, 4.69) is 42.4 Å². The van der Waals surface area contributed by atoms with E-state index in [1.807, 2.05) is 23.0 Å². The van der Waals surface area contributed by atoms with Crippen LogP contribution >= 0.6 is 0 Å². The van der Waals surface area contributed by atoms with Crippen LogP contribution in [0.2, 0.25) is 0 Å². The van der Waals surface area contributed by atoms with Gasteiger partial charge in [-0.2, -0.15) is 5.10 Å². The quantitative estimate of drug-likeness (QED) is 0.744. The lowest BCUT2D eigenvalue weighted by Gasteiger charge is -2.09. The number of hydrogen-bond donors (Lipinski definition) is 1. The number of nitrogens with two attached hydrogens (primary N) is 1. The molecule has 0 bridgehead atoms. The number of aryl methyl sites for hydroxylation is 1. The lowest BCUT2D eigenvalue weighted by molar-refractivity contribution is 0.899. The van der Waals surface area contributed by atoms with Crippen LogP contribution in [0, 0.1) is 6.92 Å². The van der Waals surface area contributed by atoms with Crippen molar-refractivity contribution in [3.63, 3.8) is 0 Å². The van der Waals surface area contributed by atoms with E-state index in [0.717, 1.165) is 22.2 Å². The fourth-order valence-corrected chi connectivity index (χ4v) is 2.25. The third kappa shape index (κ3) is 1.69. The standard InChI is InChI=1S/C15H15N3/c1-11-8-12(9-16)6-7-14(11)18-15-5-3-2-4-13(15)10-17-18/h2-8,10H,9,16H2,1H3. The fourth-order valence-electron chi connectivity index (χ4n) is 2.25. The number of fused-ring (bicyclic) bond motifs is 1. The lowest BCUT2D eigenvalue weighted by Crippen LogP contribution is -2.02. The Morgan fingerprint density at radius 1 is 1.17 bits per heavy atom. The molecule has 0 aliphatic heterocycles. The van der Waals surface area contributed by atoms with Gasteiger partial charge >= 0.3 is 0 Å². The maximum Gasteiger partial charge on any atom is 0.0741 e. The van der Waals surface area contributed by atoms with Crippen molar-refractivity contribution in [2.45, 2.75) is 13.5 Å². The monoisotopic (exact) mass is 237 g/mol. The zero-order chi connectivity index (χ0) is 12.5. The Labute approximate surface area is 106 Å². The van der Waals surface area contributed by atoms with Crippen molar-refractivity contribution in [1.29, 1.82) is 0 Å². The Morgan fingerprint density at radius 2 is 2.00 bits per heavy atom. The van der Waals surface area contributed by atoms with E-state index in [1.54, 1.807) is 0 Å². The molecule has 0 atom stereocenters. The van der Waals surface area contributed by atoms with Crippen molar-refractivity contribution in [3.8, 4) is 5.69 Å². The lowest BCUT2D eigenvalue weighted by atomic mass is 10.1. The number of nitrogens with zero attached hydrogens (tertiary/aromatic N) is 2. The molecule has 0 spiro atoms. The highest BCUT2D eigenvalue weighted by Gasteiger charge is 2.06. The molecular weight excluding hydrogens is 222 g/mol. The van der Waals surface area contributed by atoms with E-state index in [-0.39, 0.29) is 0 Å². The fraction of sp³-hybridized carbons (Fsp3) is 0.133. The average Bonchev–Trinajstić information content (AvgIpc) is 2.82. The predicted molar refractivity (Wildman–Crippen MR) is 73.7 cm³/mol. The Morgan fingerprint density at radius 3 is 2.78 bits per heavy atom. The first-order chi connectivity index (χ1) is 8.79. The van der Waals surface area contributed by atoms with Gasteiger partial charge in [0.25, 0.3) is 0 Å². The first-order valence-corrected chi connectivity index (χ1v) is 6.02. The van der Waals surface area contributed by atoms with E-state index in [9.17, 15) is 0 Å². The van der Waals surface area contributed by atoms with Gasteiger partial charge in [-0.15, -0.1) is 0 Å². The van der Waals surface area contributed by atoms with Crippen LogP contribution in [0.5, 0.6) is 0 Å². The van der Waals surface area contributed by atoms with Crippen LogP contribution in [-0.4, -0.2) is 9.78 Å². The zero-order valence-electron chi connectivity index (χ0n) is 10.3. The third-order valence-electron chi connectivity index (χ3n) is 3.20.